The van der Waals surface area contributed by atoms with Gasteiger partial charge in [0, 0.05) is 25.7 Å². The molecule has 4 rings (SSSR count). The zero-order valence-corrected chi connectivity index (χ0v) is 14.6. The molecule has 3 heterocycles. The normalized spacial score (nSPS) is 19.7. The van der Waals surface area contributed by atoms with Crippen LogP contribution in [0, 0.1) is 6.92 Å². The van der Waals surface area contributed by atoms with E-state index in [0.29, 0.717) is 19.3 Å². The minimum Gasteiger partial charge on any atom is -0.486 e. The van der Waals surface area contributed by atoms with Crippen LogP contribution in [0.25, 0.3) is 0 Å². The lowest BCUT2D eigenvalue weighted by Gasteiger charge is -2.34. The van der Waals surface area contributed by atoms with Crippen molar-refractivity contribution in [1.29, 1.82) is 0 Å². The molecule has 1 N–H and O–H groups in total. The summed E-state index contributed by atoms with van der Waals surface area (Å²) in [6.07, 6.45) is 2.34. The van der Waals surface area contributed by atoms with E-state index >= 15 is 0 Å². The quantitative estimate of drug-likeness (QED) is 0.922. The van der Waals surface area contributed by atoms with E-state index in [9.17, 15) is 0 Å². The highest BCUT2D eigenvalue weighted by molar-refractivity contribution is 5.44. The SMILES string of the molecule is Cc1ccc(N2CCC[C@H](NCc3ccc4c(c3)OCCO4)C2)nn1. The minimum absolute atomic E-state index is 0.449. The van der Waals surface area contributed by atoms with Crippen molar-refractivity contribution < 1.29 is 9.47 Å². The van der Waals surface area contributed by atoms with Crippen LogP contribution in [0.5, 0.6) is 11.5 Å². The summed E-state index contributed by atoms with van der Waals surface area (Å²) in [7, 11) is 0. The predicted octanol–water partition coefficient (Wildman–Crippen LogP) is 2.31. The maximum atomic E-state index is 5.66. The third kappa shape index (κ3) is 3.85. The molecule has 25 heavy (non-hydrogen) atoms. The van der Waals surface area contributed by atoms with Crippen molar-refractivity contribution >= 4 is 5.82 Å². The van der Waals surface area contributed by atoms with Gasteiger partial charge in [0.2, 0.25) is 0 Å². The molecule has 1 aromatic carbocycles. The molecule has 0 saturated carbocycles. The van der Waals surface area contributed by atoms with E-state index in [0.717, 1.165) is 49.1 Å². The highest BCUT2D eigenvalue weighted by atomic mass is 16.6. The monoisotopic (exact) mass is 340 g/mol. The van der Waals surface area contributed by atoms with Crippen LogP contribution < -0.4 is 19.7 Å². The molecule has 2 aliphatic rings. The number of anilines is 1. The van der Waals surface area contributed by atoms with E-state index < -0.39 is 0 Å². The number of aromatic nitrogens is 2. The van der Waals surface area contributed by atoms with E-state index in [1.165, 1.54) is 12.0 Å². The fourth-order valence-electron chi connectivity index (χ4n) is 3.37. The lowest BCUT2D eigenvalue weighted by molar-refractivity contribution is 0.171. The number of ether oxygens (including phenoxy) is 2. The van der Waals surface area contributed by atoms with Crippen molar-refractivity contribution in [1.82, 2.24) is 15.5 Å². The number of fused-ring (bicyclic) bond motifs is 1. The van der Waals surface area contributed by atoms with Gasteiger partial charge in [0.25, 0.3) is 0 Å². The van der Waals surface area contributed by atoms with Crippen molar-refractivity contribution in [2.45, 2.75) is 32.4 Å². The van der Waals surface area contributed by atoms with Crippen LogP contribution in [0.4, 0.5) is 5.82 Å². The van der Waals surface area contributed by atoms with Crippen LogP contribution in [-0.2, 0) is 6.54 Å². The van der Waals surface area contributed by atoms with Gasteiger partial charge in [-0.2, -0.15) is 5.10 Å². The molecule has 0 unspecified atom stereocenters. The molecule has 0 bridgehead atoms. The summed E-state index contributed by atoms with van der Waals surface area (Å²) in [5.41, 5.74) is 2.17. The molecule has 2 aromatic rings. The number of rotatable bonds is 4. The Morgan fingerprint density at radius 2 is 2.00 bits per heavy atom. The molecule has 0 radical (unpaired) electrons. The van der Waals surface area contributed by atoms with Crippen molar-refractivity contribution in [3.8, 4) is 11.5 Å². The zero-order chi connectivity index (χ0) is 17.1. The first-order chi connectivity index (χ1) is 12.3. The molecule has 0 spiro atoms. The molecule has 132 valence electrons. The van der Waals surface area contributed by atoms with Gasteiger partial charge in [-0.3, -0.25) is 0 Å². The predicted molar refractivity (Wildman–Crippen MR) is 96.3 cm³/mol. The highest BCUT2D eigenvalue weighted by Gasteiger charge is 2.21. The minimum atomic E-state index is 0.449. The first kappa shape index (κ1) is 16.1. The molecule has 6 nitrogen and oxygen atoms in total. The van der Waals surface area contributed by atoms with Gasteiger partial charge in [-0.25, -0.2) is 0 Å². The largest absolute Gasteiger partial charge is 0.486 e. The second-order valence-corrected chi connectivity index (χ2v) is 6.68. The maximum Gasteiger partial charge on any atom is 0.161 e. The number of hydrogen-bond donors (Lipinski definition) is 1. The average molecular weight is 340 g/mol. The standard InChI is InChI=1S/C19H24N4O2/c1-14-4-7-19(22-21-14)23-8-2-3-16(13-23)20-12-15-5-6-17-18(11-15)25-10-9-24-17/h4-7,11,16,20H,2-3,8-10,12-13H2,1H3/t16-/m0/s1. The summed E-state index contributed by atoms with van der Waals surface area (Å²) < 4.78 is 11.2. The molecule has 2 aliphatic heterocycles. The second-order valence-electron chi connectivity index (χ2n) is 6.68. The number of benzene rings is 1. The zero-order valence-electron chi connectivity index (χ0n) is 14.6. The van der Waals surface area contributed by atoms with E-state index in [1.807, 2.05) is 19.1 Å². The van der Waals surface area contributed by atoms with Gasteiger partial charge in [0.1, 0.15) is 13.2 Å². The number of aryl methyl sites for hydroxylation is 1. The summed E-state index contributed by atoms with van der Waals surface area (Å²) in [6, 6.07) is 10.7. The fourth-order valence-corrected chi connectivity index (χ4v) is 3.37. The summed E-state index contributed by atoms with van der Waals surface area (Å²) >= 11 is 0. The van der Waals surface area contributed by atoms with Gasteiger partial charge < -0.3 is 19.7 Å². The fraction of sp³-hybridized carbons (Fsp3) is 0.474. The van der Waals surface area contributed by atoms with Gasteiger partial charge in [-0.05, 0) is 49.6 Å². The van der Waals surface area contributed by atoms with Crippen molar-refractivity contribution in [3.05, 3.63) is 41.6 Å². The first-order valence-corrected chi connectivity index (χ1v) is 8.95. The average Bonchev–Trinajstić information content (AvgIpc) is 2.67. The number of nitrogens with zero attached hydrogens (tertiary/aromatic N) is 3. The first-order valence-electron chi connectivity index (χ1n) is 8.95. The van der Waals surface area contributed by atoms with Gasteiger partial charge in [-0.1, -0.05) is 6.07 Å². The van der Waals surface area contributed by atoms with Gasteiger partial charge >= 0.3 is 0 Å². The highest BCUT2D eigenvalue weighted by Crippen LogP contribution is 2.30. The van der Waals surface area contributed by atoms with Crippen LogP contribution in [0.2, 0.25) is 0 Å². The summed E-state index contributed by atoms with van der Waals surface area (Å²) in [4.78, 5) is 2.32. The Kier molecular flexibility index (Phi) is 4.70. The molecule has 0 aliphatic carbocycles. The van der Waals surface area contributed by atoms with E-state index in [2.05, 4.69) is 38.6 Å². The molecule has 1 aromatic heterocycles. The van der Waals surface area contributed by atoms with E-state index in [4.69, 9.17) is 9.47 Å². The molecule has 6 heteroatoms. The van der Waals surface area contributed by atoms with Crippen molar-refractivity contribution in [2.24, 2.45) is 0 Å². The Hall–Kier alpha value is -2.34. The molecule has 1 saturated heterocycles. The van der Waals surface area contributed by atoms with Crippen LogP contribution in [-0.4, -0.2) is 42.5 Å². The van der Waals surface area contributed by atoms with Gasteiger partial charge in [-0.15, -0.1) is 5.10 Å². The third-order valence-corrected chi connectivity index (χ3v) is 4.73. The number of piperidine rings is 1. The Morgan fingerprint density at radius 3 is 2.84 bits per heavy atom. The van der Waals surface area contributed by atoms with Gasteiger partial charge in [0.05, 0.1) is 5.69 Å². The number of hydrogen-bond acceptors (Lipinski definition) is 6. The Bertz CT molecular complexity index is 720. The van der Waals surface area contributed by atoms with Crippen LogP contribution in [0.1, 0.15) is 24.1 Å². The molecule has 1 fully saturated rings. The summed E-state index contributed by atoms with van der Waals surface area (Å²) in [5.74, 6) is 2.67. The van der Waals surface area contributed by atoms with E-state index in [1.54, 1.807) is 0 Å². The van der Waals surface area contributed by atoms with Crippen LogP contribution in [0.3, 0.4) is 0 Å². The van der Waals surface area contributed by atoms with Gasteiger partial charge in [0.15, 0.2) is 17.3 Å². The van der Waals surface area contributed by atoms with Crippen molar-refractivity contribution in [2.75, 3.05) is 31.2 Å². The molecule has 0 amide bonds. The molecular formula is C19H24N4O2. The third-order valence-electron chi connectivity index (χ3n) is 4.73. The molecular weight excluding hydrogens is 316 g/mol. The van der Waals surface area contributed by atoms with E-state index in [-0.39, 0.29) is 0 Å². The Balaban J connectivity index is 1.35. The lowest BCUT2D eigenvalue weighted by Crippen LogP contribution is -2.45. The van der Waals surface area contributed by atoms with Crippen LogP contribution in [0.15, 0.2) is 30.3 Å². The molecule has 1 atom stereocenters. The number of nitrogens with one attached hydrogen (secondary N) is 1. The second kappa shape index (κ2) is 7.27. The topological polar surface area (TPSA) is 59.5 Å². The Morgan fingerprint density at radius 1 is 1.12 bits per heavy atom. The van der Waals surface area contributed by atoms with Crippen molar-refractivity contribution in [3.63, 3.8) is 0 Å². The summed E-state index contributed by atoms with van der Waals surface area (Å²) in [5, 5.41) is 12.2. The Labute approximate surface area is 148 Å². The smallest absolute Gasteiger partial charge is 0.161 e. The summed E-state index contributed by atoms with van der Waals surface area (Å²) in [6.45, 7) is 6.05. The maximum absolute atomic E-state index is 5.66. The van der Waals surface area contributed by atoms with Crippen LogP contribution >= 0.6 is 0 Å². The lowest BCUT2D eigenvalue weighted by atomic mass is 10.0.